The fourth-order valence-corrected chi connectivity index (χ4v) is 4.08. The van der Waals surface area contributed by atoms with Gasteiger partial charge in [0.15, 0.2) is 0 Å². The number of piperidine rings is 1. The average Bonchev–Trinajstić information content (AvgIpc) is 3.35. The van der Waals surface area contributed by atoms with Crippen molar-refractivity contribution in [1.29, 1.82) is 0 Å². The Labute approximate surface area is 160 Å². The van der Waals surface area contributed by atoms with Crippen molar-refractivity contribution >= 4 is 5.91 Å². The zero-order valence-electron chi connectivity index (χ0n) is 15.9. The second-order valence-corrected chi connectivity index (χ2v) is 7.71. The fourth-order valence-electron chi connectivity index (χ4n) is 4.08. The monoisotopic (exact) mass is 368 g/mol. The molecule has 2 saturated heterocycles. The van der Waals surface area contributed by atoms with Crippen molar-refractivity contribution in [2.75, 3.05) is 26.2 Å². The normalized spacial score (nSPS) is 21.4. The molecule has 4 rings (SSSR count). The van der Waals surface area contributed by atoms with Crippen molar-refractivity contribution in [3.8, 4) is 11.3 Å². The van der Waals surface area contributed by atoms with Gasteiger partial charge in [-0.3, -0.25) is 9.89 Å². The molecular formula is C21H28N4O2. The van der Waals surface area contributed by atoms with E-state index in [4.69, 9.17) is 4.74 Å². The van der Waals surface area contributed by atoms with Crippen LogP contribution in [0.1, 0.15) is 41.6 Å². The Hall–Kier alpha value is -2.18. The predicted molar refractivity (Wildman–Crippen MR) is 105 cm³/mol. The maximum atomic E-state index is 12.8. The summed E-state index contributed by atoms with van der Waals surface area (Å²) >= 11 is 0. The number of nitrogens with one attached hydrogen (secondary N) is 2. The van der Waals surface area contributed by atoms with E-state index >= 15 is 0 Å². The van der Waals surface area contributed by atoms with Crippen LogP contribution in [0.25, 0.3) is 11.3 Å². The lowest BCUT2D eigenvalue weighted by Crippen LogP contribution is -2.46. The van der Waals surface area contributed by atoms with Gasteiger partial charge in [0.1, 0.15) is 0 Å². The van der Waals surface area contributed by atoms with Crippen molar-refractivity contribution in [3.05, 3.63) is 41.6 Å². The highest BCUT2D eigenvalue weighted by molar-refractivity contribution is 5.99. The molecule has 2 aliphatic rings. The van der Waals surface area contributed by atoms with Gasteiger partial charge in [-0.05, 0) is 38.7 Å². The number of nitrogens with zero attached hydrogens (tertiary/aromatic N) is 2. The molecule has 27 heavy (non-hydrogen) atoms. The van der Waals surface area contributed by atoms with Gasteiger partial charge in [0.25, 0.3) is 5.91 Å². The van der Waals surface area contributed by atoms with Crippen LogP contribution in [0.5, 0.6) is 0 Å². The SMILES string of the molecule is Cc1cccc(-c2[nH]ncc2C(=O)NC2CCN(CC3CCCO3)CC2)c1. The molecule has 144 valence electrons. The Morgan fingerprint density at radius 3 is 2.93 bits per heavy atom. The maximum Gasteiger partial charge on any atom is 0.255 e. The molecule has 0 aliphatic carbocycles. The summed E-state index contributed by atoms with van der Waals surface area (Å²) < 4.78 is 5.74. The van der Waals surface area contributed by atoms with Gasteiger partial charge in [0.05, 0.1) is 23.6 Å². The van der Waals surface area contributed by atoms with Crippen LogP contribution in [0, 0.1) is 6.92 Å². The molecule has 0 spiro atoms. The van der Waals surface area contributed by atoms with Gasteiger partial charge in [0.2, 0.25) is 0 Å². The molecule has 6 nitrogen and oxygen atoms in total. The van der Waals surface area contributed by atoms with Crippen LogP contribution in [0.15, 0.2) is 30.5 Å². The van der Waals surface area contributed by atoms with E-state index in [1.807, 2.05) is 25.1 Å². The molecule has 2 fully saturated rings. The van der Waals surface area contributed by atoms with Crippen LogP contribution in [-0.4, -0.2) is 59.4 Å². The van der Waals surface area contributed by atoms with Gasteiger partial charge in [0, 0.05) is 37.8 Å². The van der Waals surface area contributed by atoms with E-state index in [0.717, 1.165) is 55.9 Å². The molecule has 3 heterocycles. The Kier molecular flexibility index (Phi) is 5.55. The van der Waals surface area contributed by atoms with Gasteiger partial charge < -0.3 is 15.0 Å². The van der Waals surface area contributed by atoms with E-state index in [9.17, 15) is 4.79 Å². The molecule has 1 aromatic carbocycles. The summed E-state index contributed by atoms with van der Waals surface area (Å²) in [5.74, 6) is -0.0437. The lowest BCUT2D eigenvalue weighted by Gasteiger charge is -2.33. The van der Waals surface area contributed by atoms with Gasteiger partial charge >= 0.3 is 0 Å². The van der Waals surface area contributed by atoms with E-state index in [1.165, 1.54) is 12.8 Å². The van der Waals surface area contributed by atoms with Crippen molar-refractivity contribution in [2.45, 2.75) is 44.8 Å². The number of H-pyrrole nitrogens is 1. The number of aryl methyl sites for hydroxylation is 1. The highest BCUT2D eigenvalue weighted by Crippen LogP contribution is 2.23. The number of likely N-dealkylation sites (tertiary alicyclic amines) is 1. The molecule has 1 atom stereocenters. The third-order valence-corrected chi connectivity index (χ3v) is 5.60. The molecule has 0 saturated carbocycles. The minimum atomic E-state index is -0.0437. The molecule has 2 N–H and O–H groups in total. The minimum absolute atomic E-state index is 0.0437. The van der Waals surface area contributed by atoms with Crippen molar-refractivity contribution in [3.63, 3.8) is 0 Å². The number of hydrogen-bond donors (Lipinski definition) is 2. The second-order valence-electron chi connectivity index (χ2n) is 7.71. The number of rotatable bonds is 5. The Morgan fingerprint density at radius 2 is 2.19 bits per heavy atom. The summed E-state index contributed by atoms with van der Waals surface area (Å²) in [5.41, 5.74) is 3.55. The van der Waals surface area contributed by atoms with Gasteiger partial charge in [-0.15, -0.1) is 0 Å². The summed E-state index contributed by atoms with van der Waals surface area (Å²) in [4.78, 5) is 15.3. The van der Waals surface area contributed by atoms with Crippen molar-refractivity contribution < 1.29 is 9.53 Å². The number of carbonyl (C=O) groups excluding carboxylic acids is 1. The summed E-state index contributed by atoms with van der Waals surface area (Å²) in [5, 5.41) is 10.3. The number of carbonyl (C=O) groups is 1. The molecular weight excluding hydrogens is 340 g/mol. The quantitative estimate of drug-likeness (QED) is 0.851. The molecule has 0 radical (unpaired) electrons. The number of aromatic amines is 1. The smallest absolute Gasteiger partial charge is 0.255 e. The van der Waals surface area contributed by atoms with Crippen LogP contribution in [0.3, 0.4) is 0 Å². The van der Waals surface area contributed by atoms with Crippen LogP contribution in [-0.2, 0) is 4.74 Å². The number of benzene rings is 1. The summed E-state index contributed by atoms with van der Waals surface area (Å²) in [6, 6.07) is 8.33. The van der Waals surface area contributed by atoms with E-state index in [0.29, 0.717) is 11.7 Å². The molecule has 1 aromatic heterocycles. The third kappa shape index (κ3) is 4.39. The van der Waals surface area contributed by atoms with Crippen LogP contribution in [0.4, 0.5) is 0 Å². The molecule has 0 bridgehead atoms. The largest absolute Gasteiger partial charge is 0.377 e. The Morgan fingerprint density at radius 1 is 1.33 bits per heavy atom. The number of aromatic nitrogens is 2. The van der Waals surface area contributed by atoms with Crippen LogP contribution < -0.4 is 5.32 Å². The summed E-state index contributed by atoms with van der Waals surface area (Å²) in [6.45, 7) is 6.01. The molecule has 2 aromatic rings. The molecule has 1 unspecified atom stereocenters. The fraction of sp³-hybridized carbons (Fsp3) is 0.524. The van der Waals surface area contributed by atoms with Crippen LogP contribution in [0.2, 0.25) is 0 Å². The van der Waals surface area contributed by atoms with E-state index in [-0.39, 0.29) is 11.9 Å². The maximum absolute atomic E-state index is 12.8. The summed E-state index contributed by atoms with van der Waals surface area (Å²) in [7, 11) is 0. The number of ether oxygens (including phenoxy) is 1. The Balaban J connectivity index is 1.33. The molecule has 6 heteroatoms. The topological polar surface area (TPSA) is 70.2 Å². The van der Waals surface area contributed by atoms with E-state index in [1.54, 1.807) is 6.20 Å². The van der Waals surface area contributed by atoms with Crippen molar-refractivity contribution in [1.82, 2.24) is 20.4 Å². The van der Waals surface area contributed by atoms with Crippen LogP contribution >= 0.6 is 0 Å². The highest BCUT2D eigenvalue weighted by atomic mass is 16.5. The van der Waals surface area contributed by atoms with Gasteiger partial charge in [-0.2, -0.15) is 5.10 Å². The van der Waals surface area contributed by atoms with Crippen molar-refractivity contribution in [2.24, 2.45) is 0 Å². The average molecular weight is 368 g/mol. The Bertz CT molecular complexity index is 774. The first kappa shape index (κ1) is 18.2. The standard InChI is InChI=1S/C21H28N4O2/c1-15-4-2-5-16(12-15)20-19(13-22-24-20)21(26)23-17-7-9-25(10-8-17)14-18-6-3-11-27-18/h2,4-5,12-13,17-18H,3,6-11,14H2,1H3,(H,22,24)(H,23,26). The predicted octanol–water partition coefficient (Wildman–Crippen LogP) is 2.76. The lowest BCUT2D eigenvalue weighted by molar-refractivity contribution is 0.0613. The third-order valence-electron chi connectivity index (χ3n) is 5.60. The molecule has 1 amide bonds. The van der Waals surface area contributed by atoms with E-state index in [2.05, 4.69) is 26.5 Å². The van der Waals surface area contributed by atoms with Gasteiger partial charge in [-0.25, -0.2) is 0 Å². The van der Waals surface area contributed by atoms with Gasteiger partial charge in [-0.1, -0.05) is 23.8 Å². The highest BCUT2D eigenvalue weighted by Gasteiger charge is 2.25. The lowest BCUT2D eigenvalue weighted by atomic mass is 10.0. The zero-order valence-corrected chi connectivity index (χ0v) is 15.9. The van der Waals surface area contributed by atoms with E-state index < -0.39 is 0 Å². The molecule has 2 aliphatic heterocycles. The minimum Gasteiger partial charge on any atom is -0.377 e. The second kappa shape index (κ2) is 8.23. The summed E-state index contributed by atoms with van der Waals surface area (Å²) in [6.07, 6.45) is 6.36. The first-order chi connectivity index (χ1) is 13.2. The first-order valence-electron chi connectivity index (χ1n) is 9.94. The zero-order chi connectivity index (χ0) is 18.6. The first-order valence-corrected chi connectivity index (χ1v) is 9.94. The number of hydrogen-bond acceptors (Lipinski definition) is 4. The number of amides is 1.